The van der Waals surface area contributed by atoms with Crippen molar-refractivity contribution in [1.82, 2.24) is 5.32 Å². The third-order valence-corrected chi connectivity index (χ3v) is 2.95. The minimum Gasteiger partial charge on any atom is -0.481 e. The summed E-state index contributed by atoms with van der Waals surface area (Å²) < 4.78 is 21.2. The number of hydrogen-bond donors (Lipinski definition) is 2. The number of ether oxygens (including phenoxy) is 4. The van der Waals surface area contributed by atoms with E-state index < -0.39 is 18.4 Å². The monoisotopic (exact) mass is 305 g/mol. The molecule has 0 aromatic rings. The van der Waals surface area contributed by atoms with Gasteiger partial charge in [0.2, 0.25) is 0 Å². The van der Waals surface area contributed by atoms with Crippen molar-refractivity contribution in [3.63, 3.8) is 0 Å². The summed E-state index contributed by atoms with van der Waals surface area (Å²) in [5.74, 6) is -0.989. The highest BCUT2D eigenvalue weighted by Crippen LogP contribution is 2.27. The van der Waals surface area contributed by atoms with E-state index in [0.29, 0.717) is 6.61 Å². The van der Waals surface area contributed by atoms with Gasteiger partial charge in [0.05, 0.1) is 24.7 Å². The molecule has 1 heterocycles. The summed E-state index contributed by atoms with van der Waals surface area (Å²) >= 11 is 0. The minimum atomic E-state index is -0.989. The van der Waals surface area contributed by atoms with Crippen molar-refractivity contribution in [2.75, 3.05) is 26.9 Å². The van der Waals surface area contributed by atoms with E-state index in [0.717, 1.165) is 6.42 Å². The van der Waals surface area contributed by atoms with Crippen LogP contribution in [0.5, 0.6) is 0 Å². The molecule has 1 rings (SSSR count). The van der Waals surface area contributed by atoms with E-state index in [1.807, 2.05) is 13.8 Å². The van der Waals surface area contributed by atoms with Gasteiger partial charge in [0, 0.05) is 20.1 Å². The molecule has 21 heavy (non-hydrogen) atoms. The first-order valence-electron chi connectivity index (χ1n) is 6.77. The maximum Gasteiger partial charge on any atom is 0.407 e. The fourth-order valence-electron chi connectivity index (χ4n) is 1.92. The summed E-state index contributed by atoms with van der Waals surface area (Å²) in [7, 11) is 1.46. The molecule has 2 N–H and O–H groups in total. The molecule has 0 aromatic heterocycles. The average Bonchev–Trinajstić information content (AvgIpc) is 2.73. The molecule has 0 aromatic carbocycles. The van der Waals surface area contributed by atoms with E-state index >= 15 is 0 Å². The van der Waals surface area contributed by atoms with Crippen LogP contribution in [0.15, 0.2) is 0 Å². The standard InChI is InChI=1S/C13H23NO7/c1-13(2)6-9(7-20-13)21-11(18-3)8-19-12(17)14-5-4-10(15)16/h9,11H,4-8H2,1-3H3,(H,14,17)(H,15,16). The third-order valence-electron chi connectivity index (χ3n) is 2.95. The number of hydrogen-bond acceptors (Lipinski definition) is 6. The number of aliphatic carboxylic acids is 1. The third kappa shape index (κ3) is 7.26. The van der Waals surface area contributed by atoms with Gasteiger partial charge in [0.1, 0.15) is 6.61 Å². The Kier molecular flexibility index (Phi) is 6.86. The second-order valence-corrected chi connectivity index (χ2v) is 5.37. The number of alkyl carbamates (subject to hydrolysis) is 1. The highest BCUT2D eigenvalue weighted by Gasteiger charge is 2.34. The number of carbonyl (C=O) groups excluding carboxylic acids is 1. The second kappa shape index (κ2) is 8.16. The maximum atomic E-state index is 11.3. The Labute approximate surface area is 123 Å². The summed E-state index contributed by atoms with van der Waals surface area (Å²) in [6, 6.07) is 0. The zero-order valence-electron chi connectivity index (χ0n) is 12.6. The van der Waals surface area contributed by atoms with Gasteiger partial charge in [-0.3, -0.25) is 4.79 Å². The van der Waals surface area contributed by atoms with E-state index in [1.165, 1.54) is 7.11 Å². The number of nitrogens with one attached hydrogen (secondary N) is 1. The first-order chi connectivity index (χ1) is 9.82. The lowest BCUT2D eigenvalue weighted by atomic mass is 10.1. The molecule has 122 valence electrons. The molecular formula is C13H23NO7. The van der Waals surface area contributed by atoms with Gasteiger partial charge in [-0.2, -0.15) is 0 Å². The van der Waals surface area contributed by atoms with Crippen molar-refractivity contribution in [2.24, 2.45) is 0 Å². The number of carbonyl (C=O) groups is 2. The van der Waals surface area contributed by atoms with Crippen LogP contribution in [0.4, 0.5) is 4.79 Å². The van der Waals surface area contributed by atoms with Crippen molar-refractivity contribution < 1.29 is 33.6 Å². The van der Waals surface area contributed by atoms with Gasteiger partial charge in [0.15, 0.2) is 6.29 Å². The molecule has 0 spiro atoms. The number of amides is 1. The number of carboxylic acid groups (broad SMARTS) is 1. The van der Waals surface area contributed by atoms with Crippen molar-refractivity contribution in [1.29, 1.82) is 0 Å². The van der Waals surface area contributed by atoms with Crippen LogP contribution in [0.2, 0.25) is 0 Å². The topological polar surface area (TPSA) is 103 Å². The lowest BCUT2D eigenvalue weighted by Crippen LogP contribution is -2.33. The van der Waals surface area contributed by atoms with Crippen LogP contribution < -0.4 is 5.32 Å². The first-order valence-corrected chi connectivity index (χ1v) is 6.77. The highest BCUT2D eigenvalue weighted by molar-refractivity contribution is 5.70. The Morgan fingerprint density at radius 1 is 1.48 bits per heavy atom. The zero-order chi connectivity index (χ0) is 15.9. The maximum absolute atomic E-state index is 11.3. The summed E-state index contributed by atoms with van der Waals surface area (Å²) in [5.41, 5.74) is -0.224. The SMILES string of the molecule is COC(COC(=O)NCCC(=O)O)OC1COC(C)(C)C1. The second-order valence-electron chi connectivity index (χ2n) is 5.37. The zero-order valence-corrected chi connectivity index (χ0v) is 12.6. The van der Waals surface area contributed by atoms with Crippen molar-refractivity contribution in [2.45, 2.75) is 44.7 Å². The lowest BCUT2D eigenvalue weighted by molar-refractivity contribution is -0.173. The van der Waals surface area contributed by atoms with Gasteiger partial charge in [-0.25, -0.2) is 4.79 Å². The summed E-state index contributed by atoms with van der Waals surface area (Å²) in [6.45, 7) is 4.36. The fourth-order valence-corrected chi connectivity index (χ4v) is 1.92. The van der Waals surface area contributed by atoms with Crippen molar-refractivity contribution in [3.8, 4) is 0 Å². The van der Waals surface area contributed by atoms with E-state index in [4.69, 9.17) is 24.1 Å². The predicted molar refractivity (Wildman–Crippen MR) is 71.9 cm³/mol. The van der Waals surface area contributed by atoms with Crippen LogP contribution in [0.3, 0.4) is 0 Å². The summed E-state index contributed by atoms with van der Waals surface area (Å²) in [6.07, 6.45) is -0.919. The van der Waals surface area contributed by atoms with Crippen molar-refractivity contribution >= 4 is 12.1 Å². The first kappa shape index (κ1) is 17.7. The quantitative estimate of drug-likeness (QED) is 0.637. The molecule has 1 aliphatic rings. The van der Waals surface area contributed by atoms with E-state index in [9.17, 15) is 9.59 Å². The van der Waals surface area contributed by atoms with Gasteiger partial charge in [0.25, 0.3) is 0 Å². The van der Waals surface area contributed by atoms with Crippen LogP contribution >= 0.6 is 0 Å². The van der Waals surface area contributed by atoms with Crippen LogP contribution in [0, 0.1) is 0 Å². The number of carboxylic acids is 1. The number of rotatable bonds is 8. The van der Waals surface area contributed by atoms with Crippen LogP contribution in [0.1, 0.15) is 26.7 Å². The Balaban J connectivity index is 2.22. The normalized spacial score (nSPS) is 21.8. The van der Waals surface area contributed by atoms with Crippen LogP contribution in [-0.2, 0) is 23.7 Å². The predicted octanol–water partition coefficient (Wildman–Crippen LogP) is 0.744. The molecule has 8 nitrogen and oxygen atoms in total. The van der Waals surface area contributed by atoms with E-state index in [2.05, 4.69) is 5.32 Å². The van der Waals surface area contributed by atoms with Crippen LogP contribution in [0.25, 0.3) is 0 Å². The van der Waals surface area contributed by atoms with Gasteiger partial charge >= 0.3 is 12.1 Å². The molecule has 1 aliphatic heterocycles. The molecule has 0 bridgehead atoms. The Morgan fingerprint density at radius 2 is 2.19 bits per heavy atom. The Hall–Kier alpha value is -1.38. The molecule has 0 aliphatic carbocycles. The molecule has 1 saturated heterocycles. The molecule has 2 unspecified atom stereocenters. The highest BCUT2D eigenvalue weighted by atomic mass is 16.7. The Morgan fingerprint density at radius 3 is 2.71 bits per heavy atom. The van der Waals surface area contributed by atoms with Gasteiger partial charge in [-0.1, -0.05) is 0 Å². The molecule has 0 saturated carbocycles. The fraction of sp³-hybridized carbons (Fsp3) is 0.846. The average molecular weight is 305 g/mol. The van der Waals surface area contributed by atoms with Gasteiger partial charge in [-0.05, 0) is 13.8 Å². The number of methoxy groups -OCH3 is 1. The Bertz CT molecular complexity index is 358. The smallest absolute Gasteiger partial charge is 0.407 e. The molecule has 8 heteroatoms. The van der Waals surface area contributed by atoms with E-state index in [1.54, 1.807) is 0 Å². The van der Waals surface area contributed by atoms with Gasteiger partial charge < -0.3 is 29.4 Å². The summed E-state index contributed by atoms with van der Waals surface area (Å²) in [5, 5.41) is 10.8. The van der Waals surface area contributed by atoms with Gasteiger partial charge in [-0.15, -0.1) is 0 Å². The van der Waals surface area contributed by atoms with Crippen LogP contribution in [-0.4, -0.2) is 62.0 Å². The minimum absolute atomic E-state index is 0.0112. The van der Waals surface area contributed by atoms with Crippen molar-refractivity contribution in [3.05, 3.63) is 0 Å². The molecular weight excluding hydrogens is 282 g/mol. The lowest BCUT2D eigenvalue weighted by Gasteiger charge is -2.20. The molecule has 0 radical (unpaired) electrons. The molecule has 1 fully saturated rings. The molecule has 1 amide bonds. The molecule has 2 atom stereocenters. The van der Waals surface area contributed by atoms with E-state index in [-0.39, 0.29) is 31.3 Å². The largest absolute Gasteiger partial charge is 0.481 e. The summed E-state index contributed by atoms with van der Waals surface area (Å²) in [4.78, 5) is 21.6.